The Labute approximate surface area is 247 Å². The van der Waals surface area contributed by atoms with Crippen molar-refractivity contribution in [1.29, 1.82) is 0 Å². The summed E-state index contributed by atoms with van der Waals surface area (Å²) in [5.74, 6) is 0. The zero-order valence-corrected chi connectivity index (χ0v) is 22.4. The number of hydrogen-bond donors (Lipinski definition) is 0. The highest BCUT2D eigenvalue weighted by atomic mass is 32.1. The van der Waals surface area contributed by atoms with Crippen molar-refractivity contribution in [3.8, 4) is 22.6 Å². The van der Waals surface area contributed by atoms with E-state index in [0.29, 0.717) is 22.5 Å². The van der Waals surface area contributed by atoms with Crippen molar-refractivity contribution in [1.82, 2.24) is 9.97 Å². The minimum absolute atomic E-state index is 0.0760. The van der Waals surface area contributed by atoms with Crippen molar-refractivity contribution in [3.63, 3.8) is 0 Å². The van der Waals surface area contributed by atoms with Crippen LogP contribution >= 0.6 is 11.3 Å². The van der Waals surface area contributed by atoms with E-state index in [0.717, 1.165) is 37.1 Å². The molecule has 0 atom stereocenters. The second-order valence-electron chi connectivity index (χ2n) is 10.2. The van der Waals surface area contributed by atoms with Crippen LogP contribution < -0.4 is 0 Å². The highest BCUT2D eigenvalue weighted by Gasteiger charge is 2.20. The zero-order chi connectivity index (χ0) is 31.3. The van der Waals surface area contributed by atoms with Gasteiger partial charge in [-0.15, -0.1) is 11.3 Å². The van der Waals surface area contributed by atoms with Crippen LogP contribution in [0.4, 0.5) is 0 Å². The van der Waals surface area contributed by atoms with Crippen LogP contribution in [0.3, 0.4) is 0 Å². The topological polar surface area (TPSA) is 25.8 Å². The van der Waals surface area contributed by atoms with Crippen LogP contribution in [-0.4, -0.2) is 9.97 Å². The molecule has 6 aromatic carbocycles. The summed E-state index contributed by atoms with van der Waals surface area (Å²) in [4.78, 5) is 10.5. The molecule has 3 aromatic heterocycles. The summed E-state index contributed by atoms with van der Waals surface area (Å²) in [6.07, 6.45) is 0. The van der Waals surface area contributed by atoms with E-state index in [2.05, 4.69) is 60.7 Å². The van der Waals surface area contributed by atoms with E-state index in [1.807, 2.05) is 42.5 Å². The van der Waals surface area contributed by atoms with Crippen LogP contribution in [0.1, 0.15) is 6.85 Å². The first-order chi connectivity index (χ1) is 22.4. The molecule has 0 saturated carbocycles. The third kappa shape index (κ3) is 3.30. The number of hydrogen-bond acceptors (Lipinski definition) is 3. The van der Waals surface area contributed by atoms with Gasteiger partial charge in [0, 0.05) is 37.2 Å². The van der Waals surface area contributed by atoms with Gasteiger partial charge in [0.05, 0.1) is 34.2 Å². The summed E-state index contributed by atoms with van der Waals surface area (Å²) in [5.41, 5.74) is 2.55. The number of nitrogens with zero attached hydrogens (tertiary/aromatic N) is 2. The van der Waals surface area contributed by atoms with Crippen LogP contribution in [0, 0.1) is 0 Å². The predicted octanol–water partition coefficient (Wildman–Crippen LogP) is 10.8. The summed E-state index contributed by atoms with van der Waals surface area (Å²) in [6, 6.07) is 33.1. The Kier molecular flexibility index (Phi) is 3.87. The van der Waals surface area contributed by atoms with E-state index in [1.54, 1.807) is 11.3 Å². The van der Waals surface area contributed by atoms with Crippen LogP contribution in [0.5, 0.6) is 0 Å². The maximum Gasteiger partial charge on any atom is 0.0973 e. The minimum atomic E-state index is -0.430. The van der Waals surface area contributed by atoms with Gasteiger partial charge in [0.2, 0.25) is 0 Å². The average Bonchev–Trinajstić information content (AvgIpc) is 3.49. The molecule has 2 nitrogen and oxygen atoms in total. The Morgan fingerprint density at radius 3 is 1.93 bits per heavy atom. The first-order valence-corrected chi connectivity index (χ1v) is 14.3. The van der Waals surface area contributed by atoms with Crippen LogP contribution in [0.15, 0.2) is 133 Å². The normalized spacial score (nSPS) is 13.6. The van der Waals surface area contributed by atoms with Crippen molar-refractivity contribution in [3.05, 3.63) is 133 Å². The molecule has 0 amide bonds. The fourth-order valence-corrected chi connectivity index (χ4v) is 7.39. The van der Waals surface area contributed by atoms with E-state index < -0.39 is 6.04 Å². The molecule has 0 fully saturated rings. The van der Waals surface area contributed by atoms with Gasteiger partial charge in [0.1, 0.15) is 0 Å². The lowest BCUT2D eigenvalue weighted by atomic mass is 9.94. The van der Waals surface area contributed by atoms with Gasteiger partial charge in [-0.05, 0) is 33.7 Å². The van der Waals surface area contributed by atoms with Gasteiger partial charge in [-0.3, -0.25) is 0 Å². The molecular weight excluding hydrogens is 516 g/mol. The molecule has 0 spiro atoms. The summed E-state index contributed by atoms with van der Waals surface area (Å²) in [5, 5.41) is 9.31. The molecule has 0 saturated heterocycles. The van der Waals surface area contributed by atoms with Crippen molar-refractivity contribution in [2.45, 2.75) is 0 Å². The van der Waals surface area contributed by atoms with Gasteiger partial charge in [0.25, 0.3) is 0 Å². The van der Waals surface area contributed by atoms with Crippen LogP contribution in [0.25, 0.3) is 86.0 Å². The largest absolute Gasteiger partial charge is 0.245 e. The molecule has 0 aliphatic heterocycles. The number of aromatic nitrogens is 2. The van der Waals surface area contributed by atoms with Gasteiger partial charge < -0.3 is 0 Å². The molecule has 0 unspecified atom stereocenters. The van der Waals surface area contributed by atoms with Crippen molar-refractivity contribution >= 4 is 74.7 Å². The number of fused-ring (bicyclic) bond motifs is 11. The molecule has 3 heteroatoms. The van der Waals surface area contributed by atoms with Crippen LogP contribution in [0.2, 0.25) is 0 Å². The second-order valence-corrected chi connectivity index (χ2v) is 11.2. The number of pyridine rings is 2. The molecule has 0 aliphatic rings. The molecule has 9 aromatic rings. The number of thiophene rings is 1. The van der Waals surface area contributed by atoms with E-state index in [1.165, 1.54) is 20.9 Å². The first kappa shape index (κ1) is 18.3. The van der Waals surface area contributed by atoms with Gasteiger partial charge in [-0.25, -0.2) is 9.97 Å². The van der Waals surface area contributed by atoms with Crippen LogP contribution in [-0.2, 0) is 0 Å². The molecule has 9 rings (SSSR count). The Bertz CT molecular complexity index is 2740. The molecule has 41 heavy (non-hydrogen) atoms. The fraction of sp³-hybridized carbons (Fsp3) is 0. The fourth-order valence-electron chi connectivity index (χ4n) is 6.17. The van der Waals surface area contributed by atoms with E-state index in [9.17, 15) is 0 Å². The SMILES string of the molecule is [2H]c1c([2H])c([2H])c(-c2nc(-c3nc4c5sc6ccccc6c5c5ccccc5c4c4ccccc34)cc3ccccc23)c([2H])c1[2H]. The van der Waals surface area contributed by atoms with Gasteiger partial charge in [0.15, 0.2) is 0 Å². The lowest BCUT2D eigenvalue weighted by Gasteiger charge is -2.15. The smallest absolute Gasteiger partial charge is 0.0973 e. The first-order valence-electron chi connectivity index (χ1n) is 15.9. The maximum atomic E-state index is 8.76. The van der Waals surface area contributed by atoms with E-state index >= 15 is 0 Å². The Morgan fingerprint density at radius 1 is 0.537 bits per heavy atom. The van der Waals surface area contributed by atoms with E-state index in [4.69, 9.17) is 16.8 Å². The highest BCUT2D eigenvalue weighted by molar-refractivity contribution is 7.27. The molecule has 0 N–H and O–H groups in total. The Balaban J connectivity index is 1.47. The molecule has 3 heterocycles. The van der Waals surface area contributed by atoms with Crippen molar-refractivity contribution < 1.29 is 6.85 Å². The van der Waals surface area contributed by atoms with Crippen molar-refractivity contribution in [2.75, 3.05) is 0 Å². The minimum Gasteiger partial charge on any atom is -0.245 e. The molecule has 0 radical (unpaired) electrons. The number of rotatable bonds is 2. The van der Waals surface area contributed by atoms with Gasteiger partial charge >= 0.3 is 0 Å². The molecule has 190 valence electrons. The Morgan fingerprint density at radius 2 is 1.15 bits per heavy atom. The quantitative estimate of drug-likeness (QED) is 0.203. The number of benzene rings is 6. The predicted molar refractivity (Wildman–Crippen MR) is 176 cm³/mol. The van der Waals surface area contributed by atoms with E-state index in [-0.39, 0.29) is 29.7 Å². The zero-order valence-electron chi connectivity index (χ0n) is 26.6. The lowest BCUT2D eigenvalue weighted by Crippen LogP contribution is -1.96. The second kappa shape index (κ2) is 8.69. The third-order valence-corrected chi connectivity index (χ3v) is 9.09. The molecule has 0 bridgehead atoms. The van der Waals surface area contributed by atoms with Crippen molar-refractivity contribution in [2.24, 2.45) is 0 Å². The maximum absolute atomic E-state index is 8.76. The highest BCUT2D eigenvalue weighted by Crippen LogP contribution is 2.46. The van der Waals surface area contributed by atoms with Gasteiger partial charge in [-0.2, -0.15) is 0 Å². The summed E-state index contributed by atoms with van der Waals surface area (Å²) in [7, 11) is 0. The van der Waals surface area contributed by atoms with Gasteiger partial charge in [-0.1, -0.05) is 121 Å². The standard InChI is InChI=1S/C38H22N2S/c1-2-12-23(13-3-1)35-25-15-5-4-14-24(25)22-31(39-35)36-29-19-9-8-18-28(29)33-26-16-6-7-17-27(26)34-30-20-10-11-21-32(30)41-38(34)37(33)40-36/h1-22H/i1D,2D,3D,12D,13D. The molecule has 0 aliphatic carbocycles. The monoisotopic (exact) mass is 543 g/mol. The summed E-state index contributed by atoms with van der Waals surface area (Å²) < 4.78 is 44.7. The third-order valence-electron chi connectivity index (χ3n) is 7.91. The lowest BCUT2D eigenvalue weighted by molar-refractivity contribution is 1.31. The summed E-state index contributed by atoms with van der Waals surface area (Å²) >= 11 is 1.74. The average molecular weight is 544 g/mol. The molecular formula is C38H22N2S. The Hall–Kier alpha value is -5.12. The summed E-state index contributed by atoms with van der Waals surface area (Å²) in [6.45, 7) is 0.